The highest BCUT2D eigenvalue weighted by Crippen LogP contribution is 2.23. The van der Waals surface area contributed by atoms with E-state index in [0.717, 1.165) is 12.0 Å². The summed E-state index contributed by atoms with van der Waals surface area (Å²) in [5.74, 6) is 0.000946. The van der Waals surface area contributed by atoms with Crippen molar-refractivity contribution in [2.24, 2.45) is 0 Å². The summed E-state index contributed by atoms with van der Waals surface area (Å²) >= 11 is 0. The van der Waals surface area contributed by atoms with Crippen LogP contribution in [0.15, 0.2) is 24.3 Å². The van der Waals surface area contributed by atoms with E-state index in [1.807, 2.05) is 19.1 Å². The lowest BCUT2D eigenvalue weighted by molar-refractivity contribution is -0.144. The lowest BCUT2D eigenvalue weighted by Crippen LogP contribution is -2.14. The molecule has 0 amide bonds. The standard InChI is InChI=1S/C16H24O3P/c1-5-12(2)14-6-8-15(9-7-14)13(3)16(17)19-10-11-20(4)18/h6-9,12-13H,5,10-11H2,1-4H3/q+1. The van der Waals surface area contributed by atoms with Crippen LogP contribution in [-0.4, -0.2) is 25.4 Å². The van der Waals surface area contributed by atoms with Gasteiger partial charge in [0.15, 0.2) is 6.16 Å². The zero-order valence-electron chi connectivity index (χ0n) is 12.8. The predicted octanol–water partition coefficient (Wildman–Crippen LogP) is 4.30. The van der Waals surface area contributed by atoms with E-state index in [9.17, 15) is 9.36 Å². The van der Waals surface area contributed by atoms with Crippen molar-refractivity contribution in [2.75, 3.05) is 19.4 Å². The van der Waals surface area contributed by atoms with Gasteiger partial charge < -0.3 is 4.74 Å². The van der Waals surface area contributed by atoms with Gasteiger partial charge in [0.05, 0.1) is 5.92 Å². The number of benzene rings is 1. The number of hydrogen-bond donors (Lipinski definition) is 0. The number of carbonyl (C=O) groups is 1. The van der Waals surface area contributed by atoms with Crippen molar-refractivity contribution >= 4 is 13.8 Å². The monoisotopic (exact) mass is 295 g/mol. The van der Waals surface area contributed by atoms with Crippen LogP contribution >= 0.6 is 7.80 Å². The van der Waals surface area contributed by atoms with E-state index in [1.54, 1.807) is 6.66 Å². The van der Waals surface area contributed by atoms with Crippen LogP contribution in [0, 0.1) is 0 Å². The van der Waals surface area contributed by atoms with Crippen LogP contribution in [-0.2, 0) is 14.1 Å². The predicted molar refractivity (Wildman–Crippen MR) is 82.9 cm³/mol. The highest BCUT2D eigenvalue weighted by atomic mass is 31.1. The van der Waals surface area contributed by atoms with Crippen molar-refractivity contribution < 1.29 is 14.1 Å². The molecule has 0 N–H and O–H groups in total. The van der Waals surface area contributed by atoms with Crippen LogP contribution in [0.2, 0.25) is 0 Å². The number of carbonyl (C=O) groups excluding carboxylic acids is 1. The average molecular weight is 295 g/mol. The van der Waals surface area contributed by atoms with Crippen LogP contribution in [0.5, 0.6) is 0 Å². The van der Waals surface area contributed by atoms with Gasteiger partial charge in [0, 0.05) is 0 Å². The molecule has 20 heavy (non-hydrogen) atoms. The molecule has 0 fully saturated rings. The zero-order valence-corrected chi connectivity index (χ0v) is 13.7. The second kappa shape index (κ2) is 8.16. The summed E-state index contributed by atoms with van der Waals surface area (Å²) in [7, 11) is -1.25. The van der Waals surface area contributed by atoms with Gasteiger partial charge in [-0.15, -0.1) is 0 Å². The molecular formula is C16H24O3P+. The molecule has 1 aromatic rings. The number of rotatable bonds is 7. The molecule has 1 rings (SSSR count). The molecule has 4 heteroatoms. The van der Waals surface area contributed by atoms with Crippen molar-refractivity contribution in [3.8, 4) is 0 Å². The van der Waals surface area contributed by atoms with E-state index in [2.05, 4.69) is 26.0 Å². The van der Waals surface area contributed by atoms with Gasteiger partial charge in [-0.05, 0) is 30.4 Å². The molecule has 0 saturated carbocycles. The fraction of sp³-hybridized carbons (Fsp3) is 0.562. The van der Waals surface area contributed by atoms with Gasteiger partial charge >= 0.3 is 13.8 Å². The van der Waals surface area contributed by atoms with Gasteiger partial charge in [-0.2, -0.15) is 0 Å². The van der Waals surface area contributed by atoms with Crippen LogP contribution in [0.25, 0.3) is 0 Å². The second-order valence-corrected chi connectivity index (χ2v) is 6.92. The summed E-state index contributed by atoms with van der Waals surface area (Å²) in [6.07, 6.45) is 1.53. The smallest absolute Gasteiger partial charge is 0.339 e. The Balaban J connectivity index is 2.60. The van der Waals surface area contributed by atoms with Crippen molar-refractivity contribution in [1.29, 1.82) is 0 Å². The molecule has 0 saturated heterocycles. The maximum absolute atomic E-state index is 11.9. The Labute approximate surface area is 122 Å². The molecule has 0 aliphatic rings. The lowest BCUT2D eigenvalue weighted by Gasteiger charge is -2.13. The molecule has 3 unspecified atom stereocenters. The van der Waals surface area contributed by atoms with Crippen molar-refractivity contribution in [2.45, 2.75) is 39.0 Å². The van der Waals surface area contributed by atoms with E-state index < -0.39 is 7.80 Å². The van der Waals surface area contributed by atoms with Gasteiger partial charge in [-0.3, -0.25) is 4.79 Å². The molecule has 0 aromatic heterocycles. The summed E-state index contributed by atoms with van der Waals surface area (Å²) in [5.41, 5.74) is 2.25. The molecule has 3 atom stereocenters. The van der Waals surface area contributed by atoms with E-state index in [-0.39, 0.29) is 18.5 Å². The van der Waals surface area contributed by atoms with Gasteiger partial charge in [-0.1, -0.05) is 42.7 Å². The van der Waals surface area contributed by atoms with Crippen LogP contribution in [0.4, 0.5) is 0 Å². The first kappa shape index (κ1) is 16.8. The minimum Gasteiger partial charge on any atom is -0.461 e. The summed E-state index contributed by atoms with van der Waals surface area (Å²) in [6, 6.07) is 8.15. The normalized spacial score (nSPS) is 14.5. The molecule has 3 nitrogen and oxygen atoms in total. The summed E-state index contributed by atoms with van der Waals surface area (Å²) in [5, 5.41) is 0. The molecule has 0 radical (unpaired) electrons. The third-order valence-electron chi connectivity index (χ3n) is 3.62. The third-order valence-corrected chi connectivity index (χ3v) is 4.43. The van der Waals surface area contributed by atoms with Crippen molar-refractivity contribution in [3.63, 3.8) is 0 Å². The summed E-state index contributed by atoms with van der Waals surface area (Å²) in [6.45, 7) is 8.07. The molecule has 0 aliphatic heterocycles. The fourth-order valence-corrected chi connectivity index (χ4v) is 2.23. The van der Waals surface area contributed by atoms with Crippen LogP contribution in [0.3, 0.4) is 0 Å². The summed E-state index contributed by atoms with van der Waals surface area (Å²) in [4.78, 5) is 11.9. The Morgan fingerprint density at radius 3 is 2.25 bits per heavy atom. The van der Waals surface area contributed by atoms with Gasteiger partial charge in [0.25, 0.3) is 0 Å². The highest BCUT2D eigenvalue weighted by Gasteiger charge is 2.18. The van der Waals surface area contributed by atoms with E-state index in [0.29, 0.717) is 12.1 Å². The minimum absolute atomic E-state index is 0.236. The lowest BCUT2D eigenvalue weighted by atomic mass is 9.94. The first-order valence-electron chi connectivity index (χ1n) is 7.10. The Hall–Kier alpha value is -1.21. The van der Waals surface area contributed by atoms with E-state index >= 15 is 0 Å². The second-order valence-electron chi connectivity index (χ2n) is 5.22. The van der Waals surface area contributed by atoms with Gasteiger partial charge in [-0.25, -0.2) is 0 Å². The molecule has 0 heterocycles. The molecular weight excluding hydrogens is 271 g/mol. The maximum Gasteiger partial charge on any atom is 0.339 e. The quantitative estimate of drug-likeness (QED) is 0.556. The fourth-order valence-electron chi connectivity index (χ4n) is 1.88. The Morgan fingerprint density at radius 1 is 1.20 bits per heavy atom. The maximum atomic E-state index is 11.9. The Bertz CT molecular complexity index is 453. The van der Waals surface area contributed by atoms with Crippen molar-refractivity contribution in [1.82, 2.24) is 0 Å². The number of esters is 1. The first-order chi connectivity index (χ1) is 9.45. The minimum atomic E-state index is -1.25. The van der Waals surface area contributed by atoms with E-state index in [4.69, 9.17) is 4.74 Å². The van der Waals surface area contributed by atoms with Crippen LogP contribution in [0.1, 0.15) is 50.2 Å². The Kier molecular flexibility index (Phi) is 6.87. The SMILES string of the molecule is CCC(C)c1ccc(C(C)C(=O)OCC[P+](C)=O)cc1. The van der Waals surface area contributed by atoms with Crippen molar-refractivity contribution in [3.05, 3.63) is 35.4 Å². The van der Waals surface area contributed by atoms with E-state index in [1.165, 1.54) is 5.56 Å². The molecule has 0 spiro atoms. The molecule has 1 aromatic carbocycles. The average Bonchev–Trinajstić information content (AvgIpc) is 2.45. The Morgan fingerprint density at radius 2 is 1.75 bits per heavy atom. The topological polar surface area (TPSA) is 43.4 Å². The molecule has 110 valence electrons. The molecule has 0 bridgehead atoms. The first-order valence-corrected chi connectivity index (χ1v) is 8.99. The van der Waals surface area contributed by atoms with Crippen LogP contribution < -0.4 is 0 Å². The number of hydrogen-bond acceptors (Lipinski definition) is 3. The largest absolute Gasteiger partial charge is 0.461 e. The number of ether oxygens (including phenoxy) is 1. The third kappa shape index (κ3) is 5.05. The zero-order chi connectivity index (χ0) is 15.1. The highest BCUT2D eigenvalue weighted by molar-refractivity contribution is 7.43. The molecule has 0 aliphatic carbocycles. The van der Waals surface area contributed by atoms with Gasteiger partial charge in [0.1, 0.15) is 13.3 Å². The summed E-state index contributed by atoms with van der Waals surface area (Å²) < 4.78 is 16.1. The van der Waals surface area contributed by atoms with Gasteiger partial charge in [0.2, 0.25) is 0 Å².